The van der Waals surface area contributed by atoms with Crippen LogP contribution in [-0.4, -0.2) is 55.4 Å². The third-order valence-electron chi connectivity index (χ3n) is 6.71. The molecule has 2 aromatic carbocycles. The van der Waals surface area contributed by atoms with E-state index in [1.165, 1.54) is 17.8 Å². The molecule has 2 aromatic rings. The molecule has 1 aliphatic rings. The van der Waals surface area contributed by atoms with E-state index in [4.69, 9.17) is 4.74 Å². The molecule has 0 spiro atoms. The number of para-hydroxylation sites is 1. The normalized spacial score (nSPS) is 21.0. The number of carboxylic acid groups (broad SMARTS) is 1. The van der Waals surface area contributed by atoms with Crippen molar-refractivity contribution in [2.24, 2.45) is 5.41 Å². The van der Waals surface area contributed by atoms with E-state index in [9.17, 15) is 23.4 Å². The highest BCUT2D eigenvalue weighted by molar-refractivity contribution is 7.98. The molecule has 2 N–H and O–H groups in total. The maximum Gasteiger partial charge on any atom is 0.339 e. The summed E-state index contributed by atoms with van der Waals surface area (Å²) in [4.78, 5) is 14.3. The molecule has 1 unspecified atom stereocenters. The van der Waals surface area contributed by atoms with E-state index >= 15 is 0 Å². The van der Waals surface area contributed by atoms with Crippen molar-refractivity contribution in [3.8, 4) is 5.75 Å². The molecule has 0 bridgehead atoms. The van der Waals surface area contributed by atoms with E-state index in [1.807, 2.05) is 36.6 Å². The lowest BCUT2D eigenvalue weighted by atomic mass is 9.81. The van der Waals surface area contributed by atoms with Crippen molar-refractivity contribution in [3.63, 3.8) is 0 Å². The maximum atomic E-state index is 13.8. The van der Waals surface area contributed by atoms with Crippen molar-refractivity contribution in [1.29, 1.82) is 0 Å². The van der Waals surface area contributed by atoms with Crippen LogP contribution in [0.1, 0.15) is 46.5 Å². The summed E-state index contributed by atoms with van der Waals surface area (Å²) >= 11 is 1.38. The zero-order chi connectivity index (χ0) is 25.9. The minimum absolute atomic E-state index is 0.0255. The number of unbranched alkanes of at least 4 members (excludes halogenated alkanes) is 1. The Morgan fingerprint density at radius 1 is 1.23 bits per heavy atom. The number of hydrogen-bond donors (Lipinski definition) is 2. The average molecular weight is 522 g/mol. The van der Waals surface area contributed by atoms with Crippen LogP contribution in [0.2, 0.25) is 0 Å². The average Bonchev–Trinajstić information content (AvgIpc) is 2.93. The van der Waals surface area contributed by atoms with E-state index in [1.54, 1.807) is 6.07 Å². The van der Waals surface area contributed by atoms with Crippen LogP contribution in [0.4, 0.5) is 11.4 Å². The molecule has 0 saturated carbocycles. The summed E-state index contributed by atoms with van der Waals surface area (Å²) in [7, 11) is -3.70. The molecular formula is C26H35NO6S2. The first-order valence-corrected chi connectivity index (χ1v) is 14.7. The van der Waals surface area contributed by atoms with Gasteiger partial charge in [0.1, 0.15) is 12.4 Å². The number of rotatable bonds is 10. The predicted octanol–water partition coefficient (Wildman–Crippen LogP) is 5.13. The van der Waals surface area contributed by atoms with E-state index in [0.29, 0.717) is 17.1 Å². The Labute approximate surface area is 212 Å². The van der Waals surface area contributed by atoms with Crippen LogP contribution < -0.4 is 9.64 Å². The van der Waals surface area contributed by atoms with E-state index in [-0.39, 0.29) is 16.4 Å². The maximum absolute atomic E-state index is 13.8. The van der Waals surface area contributed by atoms with Crippen LogP contribution in [-0.2, 0) is 14.6 Å². The summed E-state index contributed by atoms with van der Waals surface area (Å²) in [6, 6.07) is 13.1. The fourth-order valence-corrected chi connectivity index (χ4v) is 7.15. The van der Waals surface area contributed by atoms with Crippen molar-refractivity contribution in [1.82, 2.24) is 0 Å². The first-order valence-electron chi connectivity index (χ1n) is 11.8. The third kappa shape index (κ3) is 5.95. The van der Waals surface area contributed by atoms with Gasteiger partial charge in [0.2, 0.25) is 0 Å². The van der Waals surface area contributed by atoms with Gasteiger partial charge < -0.3 is 19.8 Å². The number of nitrogens with zero attached hydrogens (tertiary/aromatic N) is 1. The first kappa shape index (κ1) is 27.4. The number of thioether (sulfide) groups is 1. The topological polar surface area (TPSA) is 104 Å². The van der Waals surface area contributed by atoms with Gasteiger partial charge in [-0.25, -0.2) is 13.2 Å². The summed E-state index contributed by atoms with van der Waals surface area (Å²) in [5.41, 5.74) is -1.02. The molecule has 0 amide bonds. The zero-order valence-electron chi connectivity index (χ0n) is 20.8. The van der Waals surface area contributed by atoms with Gasteiger partial charge >= 0.3 is 5.97 Å². The van der Waals surface area contributed by atoms with E-state index < -0.39 is 33.4 Å². The van der Waals surface area contributed by atoms with Crippen LogP contribution in [0.3, 0.4) is 0 Å². The van der Waals surface area contributed by atoms with Crippen molar-refractivity contribution >= 4 is 38.9 Å². The number of carboxylic acids is 1. The lowest BCUT2D eigenvalue weighted by Crippen LogP contribution is -2.41. The van der Waals surface area contributed by atoms with Gasteiger partial charge in [-0.1, -0.05) is 44.9 Å². The highest BCUT2D eigenvalue weighted by Gasteiger charge is 2.42. The Morgan fingerprint density at radius 3 is 2.49 bits per heavy atom. The van der Waals surface area contributed by atoms with Gasteiger partial charge in [-0.3, -0.25) is 0 Å². The van der Waals surface area contributed by atoms with Crippen LogP contribution >= 0.6 is 11.8 Å². The van der Waals surface area contributed by atoms with E-state index in [0.717, 1.165) is 38.3 Å². The van der Waals surface area contributed by atoms with Crippen molar-refractivity contribution < 1.29 is 28.2 Å². The number of hydrogen-bond acceptors (Lipinski definition) is 7. The van der Waals surface area contributed by atoms with Gasteiger partial charge in [-0.2, -0.15) is 0 Å². The predicted molar refractivity (Wildman–Crippen MR) is 140 cm³/mol. The first-order chi connectivity index (χ1) is 16.5. The number of carbonyl (C=O) groups is 1. The number of fused-ring (bicyclic) bond motifs is 1. The van der Waals surface area contributed by atoms with Gasteiger partial charge in [0.25, 0.3) is 0 Å². The lowest BCUT2D eigenvalue weighted by molar-refractivity contribution is -0.159. The molecule has 0 radical (unpaired) electrons. The Balaban J connectivity index is 2.19. The molecule has 3 rings (SSSR count). The molecule has 2 atom stereocenters. The zero-order valence-corrected chi connectivity index (χ0v) is 22.4. The SMILES string of the molecule is CCCC[C@]1(CC)CN(c2ccccc2)c2cc(SC)c(OCC(C)(O)C(=O)O)cc2S(=O)(=O)C1. The van der Waals surface area contributed by atoms with Crippen LogP contribution in [0, 0.1) is 5.41 Å². The lowest BCUT2D eigenvalue weighted by Gasteiger charge is -2.36. The van der Waals surface area contributed by atoms with Crippen molar-refractivity contribution in [2.75, 3.05) is 30.1 Å². The largest absolute Gasteiger partial charge is 0.489 e. The van der Waals surface area contributed by atoms with Gasteiger partial charge in [-0.15, -0.1) is 11.8 Å². The number of anilines is 2. The third-order valence-corrected chi connectivity index (χ3v) is 9.46. The van der Waals surface area contributed by atoms with Crippen molar-refractivity contribution in [3.05, 3.63) is 42.5 Å². The molecule has 192 valence electrons. The highest BCUT2D eigenvalue weighted by Crippen LogP contribution is 2.47. The number of aliphatic hydroxyl groups is 1. The molecule has 0 saturated heterocycles. The molecular weight excluding hydrogens is 486 g/mol. The minimum atomic E-state index is -3.70. The number of benzene rings is 2. The highest BCUT2D eigenvalue weighted by atomic mass is 32.2. The summed E-state index contributed by atoms with van der Waals surface area (Å²) in [5.74, 6) is -1.14. The van der Waals surface area contributed by atoms with E-state index in [2.05, 4.69) is 18.7 Å². The Kier molecular flexibility index (Phi) is 8.44. The van der Waals surface area contributed by atoms with Crippen molar-refractivity contribution in [2.45, 2.75) is 61.8 Å². The van der Waals surface area contributed by atoms with Gasteiger partial charge in [0.15, 0.2) is 15.4 Å². The fourth-order valence-electron chi connectivity index (χ4n) is 4.42. The second kappa shape index (κ2) is 10.8. The minimum Gasteiger partial charge on any atom is -0.489 e. The van der Waals surface area contributed by atoms with Gasteiger partial charge in [0, 0.05) is 23.7 Å². The number of aliphatic carboxylic acids is 1. The molecule has 0 aliphatic carbocycles. The molecule has 0 aromatic heterocycles. The number of sulfone groups is 1. The Bertz CT molecular complexity index is 1150. The fraction of sp³-hybridized carbons (Fsp3) is 0.500. The van der Waals surface area contributed by atoms with Gasteiger partial charge in [0.05, 0.1) is 21.2 Å². The molecule has 0 fully saturated rings. The van der Waals surface area contributed by atoms with Crippen LogP contribution in [0.15, 0.2) is 52.3 Å². The second-order valence-electron chi connectivity index (χ2n) is 9.48. The number of ether oxygens (including phenoxy) is 1. The second-order valence-corrected chi connectivity index (χ2v) is 12.3. The monoisotopic (exact) mass is 521 g/mol. The standard InChI is InChI=1S/C26H35NO6S2/c1-5-7-13-26(6-2)16-27(19-11-9-8-10-12-19)20-14-22(34-4)21(15-23(20)35(31,32)18-26)33-17-25(3,30)24(28)29/h8-12,14-15,30H,5-7,13,16-18H2,1-4H3,(H,28,29)/t25?,26-/m1/s1. The molecule has 1 aliphatic heterocycles. The molecule has 1 heterocycles. The summed E-state index contributed by atoms with van der Waals surface area (Å²) < 4.78 is 33.4. The summed E-state index contributed by atoms with van der Waals surface area (Å²) in [5, 5.41) is 19.4. The Morgan fingerprint density at radius 2 is 1.91 bits per heavy atom. The summed E-state index contributed by atoms with van der Waals surface area (Å²) in [6.45, 7) is 5.38. The molecule has 9 heteroatoms. The van der Waals surface area contributed by atoms with Gasteiger partial charge in [-0.05, 0) is 44.2 Å². The molecule has 7 nitrogen and oxygen atoms in total. The Hall–Kier alpha value is -2.23. The quantitative estimate of drug-likeness (QED) is 0.415. The summed E-state index contributed by atoms with van der Waals surface area (Å²) in [6.07, 6.45) is 5.30. The smallest absolute Gasteiger partial charge is 0.339 e. The molecule has 35 heavy (non-hydrogen) atoms. The van der Waals surface area contributed by atoms with Crippen LogP contribution in [0.5, 0.6) is 5.75 Å². The van der Waals surface area contributed by atoms with Crippen LogP contribution in [0.25, 0.3) is 0 Å².